The second-order valence-electron chi connectivity index (χ2n) is 15.2. The number of carbonyl (C=O) groups excluding carboxylic acids is 6. The van der Waals surface area contributed by atoms with Gasteiger partial charge in [0.1, 0.15) is 12.1 Å². The van der Waals surface area contributed by atoms with E-state index in [4.69, 9.17) is 0 Å². The minimum Gasteiger partial charge on any atom is -0.350 e. The molecule has 0 radical (unpaired) electrons. The van der Waals surface area contributed by atoms with Gasteiger partial charge in [0.25, 0.3) is 5.91 Å². The summed E-state index contributed by atoms with van der Waals surface area (Å²) >= 11 is 0. The van der Waals surface area contributed by atoms with Crippen LogP contribution in [0.15, 0.2) is 0 Å². The lowest BCUT2D eigenvalue weighted by Gasteiger charge is -2.38. The summed E-state index contributed by atoms with van der Waals surface area (Å²) < 4.78 is 0. The predicted octanol–water partition coefficient (Wildman–Crippen LogP) is 2.18. The quantitative estimate of drug-likeness (QED) is 0.237. The molecule has 240 valence electrons. The fourth-order valence-corrected chi connectivity index (χ4v) is 6.71. The molecule has 11 nitrogen and oxygen atoms in total. The number of likely N-dealkylation sites (N-methyl/N-ethyl adjacent to an activating group) is 1. The molecule has 11 heteroatoms. The average Bonchev–Trinajstić information content (AvgIpc) is 3.86. The van der Waals surface area contributed by atoms with Crippen LogP contribution in [0, 0.1) is 40.4 Å². The molecular weight excluding hydrogens is 550 g/mol. The van der Waals surface area contributed by atoms with Crippen molar-refractivity contribution in [2.45, 2.75) is 112 Å². The van der Waals surface area contributed by atoms with Gasteiger partial charge in [-0.2, -0.15) is 0 Å². The number of urea groups is 1. The SMILES string of the molecule is CCNC(=O)C(=O)C(CC1CC1)NC(=O)[C@@H]1[C@@H]2[C@H](CN1C(=O)[C@@H](NC(=O)N[C@H](C(=O)C1CC1)C(C)C)C(C)(C)C)C2(C)C. The summed E-state index contributed by atoms with van der Waals surface area (Å²) in [5, 5.41) is 11.0. The molecule has 0 bridgehead atoms. The molecule has 3 saturated carbocycles. The Balaban J connectivity index is 1.52. The molecule has 4 N–H and O–H groups in total. The smallest absolute Gasteiger partial charge is 0.316 e. The van der Waals surface area contributed by atoms with E-state index in [9.17, 15) is 28.8 Å². The molecule has 4 aliphatic rings. The maximum absolute atomic E-state index is 14.2. The fraction of sp³-hybridized carbons (Fsp3) is 0.812. The highest BCUT2D eigenvalue weighted by Crippen LogP contribution is 2.65. The van der Waals surface area contributed by atoms with Crippen molar-refractivity contribution in [1.82, 2.24) is 26.2 Å². The number of hydrogen-bond acceptors (Lipinski definition) is 6. The normalized spacial score (nSPS) is 26.1. The molecule has 0 aromatic rings. The molecule has 0 aromatic heterocycles. The van der Waals surface area contributed by atoms with E-state index in [0.29, 0.717) is 19.5 Å². The summed E-state index contributed by atoms with van der Waals surface area (Å²) in [6.07, 6.45) is 3.96. The van der Waals surface area contributed by atoms with E-state index in [1.807, 2.05) is 34.6 Å². The summed E-state index contributed by atoms with van der Waals surface area (Å²) in [4.78, 5) is 81.1. The van der Waals surface area contributed by atoms with Gasteiger partial charge in [-0.05, 0) is 60.7 Å². The van der Waals surface area contributed by atoms with Crippen molar-refractivity contribution >= 4 is 35.3 Å². The summed E-state index contributed by atoms with van der Waals surface area (Å²) in [6, 6.07) is -3.99. The van der Waals surface area contributed by atoms with Crippen LogP contribution in [-0.2, 0) is 24.0 Å². The monoisotopic (exact) mass is 601 g/mol. The number of nitrogens with zero attached hydrogens (tertiary/aromatic N) is 1. The van der Waals surface area contributed by atoms with E-state index in [1.54, 1.807) is 11.8 Å². The van der Waals surface area contributed by atoms with Gasteiger partial charge in [0.05, 0.1) is 12.1 Å². The number of carbonyl (C=O) groups is 6. The van der Waals surface area contributed by atoms with E-state index in [1.165, 1.54) is 0 Å². The Kier molecular flexibility index (Phi) is 9.33. The molecule has 1 aliphatic heterocycles. The average molecular weight is 602 g/mol. The summed E-state index contributed by atoms with van der Waals surface area (Å²) in [5.41, 5.74) is -0.863. The third-order valence-corrected chi connectivity index (χ3v) is 9.85. The second-order valence-corrected chi connectivity index (χ2v) is 15.2. The highest BCUT2D eigenvalue weighted by Gasteiger charge is 2.70. The van der Waals surface area contributed by atoms with Crippen molar-refractivity contribution in [3.63, 3.8) is 0 Å². The summed E-state index contributed by atoms with van der Waals surface area (Å²) in [7, 11) is 0. The van der Waals surface area contributed by atoms with Gasteiger partial charge in [-0.1, -0.05) is 61.3 Å². The first-order valence-corrected chi connectivity index (χ1v) is 16.0. The standard InChI is InChI=1S/C32H51N5O6/c1-9-33-28(41)25(39)20(14-17-10-11-17)34-27(40)23-21-19(32(21,7)8)15-37(23)29(42)26(31(4,5)6)36-30(43)35-22(16(2)3)24(38)18-12-13-18/h16-23,26H,9-15H2,1-8H3,(H,33,41)(H,34,40)(H2,35,36,43)/t19-,20?,21-,22-,23-,26+/m0/s1. The van der Waals surface area contributed by atoms with Crippen molar-refractivity contribution in [3.8, 4) is 0 Å². The minimum atomic E-state index is -0.966. The molecule has 4 fully saturated rings. The number of likely N-dealkylation sites (tertiary alicyclic amines) is 1. The Morgan fingerprint density at radius 1 is 0.930 bits per heavy atom. The van der Waals surface area contributed by atoms with E-state index in [2.05, 4.69) is 35.1 Å². The first-order chi connectivity index (χ1) is 20.0. The highest BCUT2D eigenvalue weighted by molar-refractivity contribution is 6.38. The van der Waals surface area contributed by atoms with Crippen LogP contribution < -0.4 is 21.3 Å². The third-order valence-electron chi connectivity index (χ3n) is 9.85. The van der Waals surface area contributed by atoms with Gasteiger partial charge in [-0.25, -0.2) is 4.79 Å². The molecule has 5 amide bonds. The zero-order valence-electron chi connectivity index (χ0n) is 27.0. The Morgan fingerprint density at radius 2 is 1.56 bits per heavy atom. The molecular formula is C32H51N5O6. The fourth-order valence-electron chi connectivity index (χ4n) is 6.71. The molecule has 3 aliphatic carbocycles. The van der Waals surface area contributed by atoms with Gasteiger partial charge < -0.3 is 26.2 Å². The van der Waals surface area contributed by atoms with Crippen molar-refractivity contribution in [2.24, 2.45) is 40.4 Å². The van der Waals surface area contributed by atoms with E-state index < -0.39 is 53.2 Å². The first-order valence-electron chi connectivity index (χ1n) is 16.0. The van der Waals surface area contributed by atoms with Gasteiger partial charge in [-0.3, -0.25) is 24.0 Å². The van der Waals surface area contributed by atoms with Gasteiger partial charge in [0.15, 0.2) is 5.78 Å². The lowest BCUT2D eigenvalue weighted by atomic mass is 9.85. The molecule has 0 aromatic carbocycles. The number of piperidine rings is 1. The number of Topliss-reactive ketones (excluding diaryl/α,β-unsaturated/α-hetero) is 2. The summed E-state index contributed by atoms with van der Waals surface area (Å²) in [6.45, 7) is 15.8. The molecule has 0 spiro atoms. The minimum absolute atomic E-state index is 0.0182. The van der Waals surface area contributed by atoms with E-state index in [0.717, 1.165) is 25.7 Å². The van der Waals surface area contributed by atoms with Crippen molar-refractivity contribution in [1.29, 1.82) is 0 Å². The van der Waals surface area contributed by atoms with Gasteiger partial charge in [0, 0.05) is 19.0 Å². The molecule has 1 saturated heterocycles. The van der Waals surface area contributed by atoms with Crippen molar-refractivity contribution in [3.05, 3.63) is 0 Å². The van der Waals surface area contributed by atoms with Crippen molar-refractivity contribution in [2.75, 3.05) is 13.1 Å². The van der Waals surface area contributed by atoms with Crippen LogP contribution >= 0.6 is 0 Å². The maximum atomic E-state index is 14.2. The van der Waals surface area contributed by atoms with Crippen molar-refractivity contribution < 1.29 is 28.8 Å². The number of nitrogens with one attached hydrogen (secondary N) is 4. The first kappa shape index (κ1) is 32.9. The number of amides is 5. The molecule has 4 rings (SSSR count). The topological polar surface area (TPSA) is 154 Å². The number of fused-ring (bicyclic) bond motifs is 1. The predicted molar refractivity (Wildman–Crippen MR) is 160 cm³/mol. The number of hydrogen-bond donors (Lipinski definition) is 4. The van der Waals surface area contributed by atoms with E-state index >= 15 is 0 Å². The molecule has 43 heavy (non-hydrogen) atoms. The van der Waals surface area contributed by atoms with Crippen LogP contribution in [0.3, 0.4) is 0 Å². The zero-order valence-corrected chi connectivity index (χ0v) is 27.0. The zero-order chi connectivity index (χ0) is 32.0. The lowest BCUT2D eigenvalue weighted by molar-refractivity contribution is -0.145. The molecule has 1 unspecified atom stereocenters. The third kappa shape index (κ3) is 7.23. The summed E-state index contributed by atoms with van der Waals surface area (Å²) in [5.74, 6) is -2.04. The van der Waals surface area contributed by atoms with Crippen LogP contribution in [0.25, 0.3) is 0 Å². The largest absolute Gasteiger partial charge is 0.350 e. The van der Waals surface area contributed by atoms with Gasteiger partial charge in [-0.15, -0.1) is 0 Å². The molecule has 1 heterocycles. The Hall–Kier alpha value is -2.98. The van der Waals surface area contributed by atoms with Crippen LogP contribution in [0.2, 0.25) is 0 Å². The Morgan fingerprint density at radius 3 is 2.07 bits per heavy atom. The second kappa shape index (κ2) is 12.2. The van der Waals surface area contributed by atoms with Gasteiger partial charge in [0.2, 0.25) is 17.6 Å². The molecule has 6 atom stereocenters. The van der Waals surface area contributed by atoms with E-state index in [-0.39, 0.29) is 46.7 Å². The Labute approximate surface area is 255 Å². The van der Waals surface area contributed by atoms with Crippen LogP contribution in [0.5, 0.6) is 0 Å². The highest BCUT2D eigenvalue weighted by atomic mass is 16.2. The maximum Gasteiger partial charge on any atom is 0.316 e. The number of ketones is 2. The lowest BCUT2D eigenvalue weighted by Crippen LogP contribution is -2.62. The Bertz CT molecular complexity index is 1150. The van der Waals surface area contributed by atoms with Crippen LogP contribution in [0.4, 0.5) is 4.79 Å². The van der Waals surface area contributed by atoms with Crippen LogP contribution in [-0.4, -0.2) is 77.5 Å². The number of rotatable bonds is 13. The van der Waals surface area contributed by atoms with Crippen LogP contribution in [0.1, 0.15) is 87.5 Å². The van der Waals surface area contributed by atoms with Gasteiger partial charge >= 0.3 is 6.03 Å².